The van der Waals surface area contributed by atoms with Crippen LogP contribution in [0.4, 0.5) is 5.69 Å². The second-order valence-corrected chi connectivity index (χ2v) is 2.92. The van der Waals surface area contributed by atoms with Crippen LogP contribution in [-0.4, -0.2) is 10.4 Å². The highest BCUT2D eigenvalue weighted by Crippen LogP contribution is 2.08. The molecule has 0 unspecified atom stereocenters. The summed E-state index contributed by atoms with van der Waals surface area (Å²) in [5, 5.41) is 0. The van der Waals surface area contributed by atoms with Crippen molar-refractivity contribution in [1.29, 1.82) is 0 Å². The van der Waals surface area contributed by atoms with Crippen LogP contribution in [-0.2, 0) is 0 Å². The molecule has 0 radical (unpaired) electrons. The first kappa shape index (κ1) is 6.91. The highest BCUT2D eigenvalue weighted by molar-refractivity contribution is 6.19. The predicted molar refractivity (Wildman–Crippen MR) is 47.7 cm³/mol. The molecule has 0 aliphatic rings. The predicted octanol–water partition coefficient (Wildman–Crippen LogP) is 0.364. The van der Waals surface area contributed by atoms with E-state index in [1.807, 2.05) is 34.9 Å². The first-order valence-electron chi connectivity index (χ1n) is 3.09. The van der Waals surface area contributed by atoms with Gasteiger partial charge < -0.3 is 4.57 Å². The maximum Gasteiger partial charge on any atom is 0.125 e. The van der Waals surface area contributed by atoms with E-state index >= 15 is 0 Å². The number of anilines is 1. The number of terminal acetylenes is 1. The van der Waals surface area contributed by atoms with E-state index in [1.54, 1.807) is 0 Å². The lowest BCUT2D eigenvalue weighted by molar-refractivity contribution is 1.49. The molecule has 50 valence electrons. The topological polar surface area (TPSA) is 3.24 Å². The third-order valence-corrected chi connectivity index (χ3v) is 2.11. The normalized spacial score (nSPS) is 8.70. The minimum absolute atomic E-state index is 0.875. The summed E-state index contributed by atoms with van der Waals surface area (Å²) in [5.41, 5.74) is 1.11. The Bertz CT molecular complexity index is 237. The van der Waals surface area contributed by atoms with E-state index in [4.69, 9.17) is 6.42 Å². The maximum atomic E-state index is 5.21. The van der Waals surface area contributed by atoms with Gasteiger partial charge in [0.25, 0.3) is 0 Å². The van der Waals surface area contributed by atoms with Crippen molar-refractivity contribution in [3.8, 4) is 12.5 Å². The highest BCUT2D eigenvalue weighted by atomic mass is 28.2. The van der Waals surface area contributed by atoms with Crippen LogP contribution in [0.25, 0.3) is 0 Å². The molecule has 0 saturated heterocycles. The second kappa shape index (κ2) is 3.09. The van der Waals surface area contributed by atoms with Crippen LogP contribution in [0.5, 0.6) is 0 Å². The van der Waals surface area contributed by atoms with Crippen molar-refractivity contribution in [2.45, 2.75) is 0 Å². The lowest BCUT2D eigenvalue weighted by Gasteiger charge is -2.09. The molecule has 0 atom stereocenters. The van der Waals surface area contributed by atoms with Crippen LogP contribution in [0.3, 0.4) is 0 Å². The molecule has 0 spiro atoms. The fourth-order valence-corrected chi connectivity index (χ4v) is 1.02. The Morgan fingerprint density at radius 3 is 2.40 bits per heavy atom. The summed E-state index contributed by atoms with van der Waals surface area (Å²) in [7, 11) is 0.875. The molecule has 0 aliphatic carbocycles. The third kappa shape index (κ3) is 1.39. The molecule has 1 nitrogen and oxygen atoms in total. The summed E-state index contributed by atoms with van der Waals surface area (Å²) in [5.74, 6) is 0. The zero-order chi connectivity index (χ0) is 7.40. The summed E-state index contributed by atoms with van der Waals surface area (Å²) in [4.78, 5) is 0. The van der Waals surface area contributed by atoms with Gasteiger partial charge in [0.05, 0.1) is 0 Å². The largest absolute Gasteiger partial charge is 0.340 e. The van der Waals surface area contributed by atoms with Gasteiger partial charge in [0.1, 0.15) is 10.4 Å². The molecular formula is C8H9NSi. The van der Waals surface area contributed by atoms with E-state index in [2.05, 4.69) is 6.04 Å². The van der Waals surface area contributed by atoms with Crippen molar-refractivity contribution in [2.75, 3.05) is 4.57 Å². The van der Waals surface area contributed by atoms with Crippen molar-refractivity contribution in [3.63, 3.8) is 0 Å². The monoisotopic (exact) mass is 147 g/mol. The highest BCUT2D eigenvalue weighted by Gasteiger charge is 1.90. The van der Waals surface area contributed by atoms with Gasteiger partial charge in [-0.3, -0.25) is 0 Å². The Kier molecular flexibility index (Phi) is 2.14. The van der Waals surface area contributed by atoms with Crippen molar-refractivity contribution in [2.24, 2.45) is 0 Å². The van der Waals surface area contributed by atoms with E-state index in [-0.39, 0.29) is 0 Å². The molecule has 1 aromatic carbocycles. The molecule has 0 aliphatic heterocycles. The minimum Gasteiger partial charge on any atom is -0.340 e. The average molecular weight is 147 g/mol. The summed E-state index contributed by atoms with van der Waals surface area (Å²) in [6, 6.07) is 12.5. The molecule has 0 heterocycles. The standard InChI is InChI=1S/C8H9NSi/c1-2-9(10)8-6-4-3-5-7-8/h1,3-7H,10H3. The zero-order valence-corrected chi connectivity index (χ0v) is 7.91. The smallest absolute Gasteiger partial charge is 0.125 e. The van der Waals surface area contributed by atoms with E-state index < -0.39 is 0 Å². The van der Waals surface area contributed by atoms with Crippen LogP contribution < -0.4 is 4.57 Å². The molecule has 10 heavy (non-hydrogen) atoms. The van der Waals surface area contributed by atoms with E-state index in [1.165, 1.54) is 0 Å². The number of nitrogens with zero attached hydrogens (tertiary/aromatic N) is 1. The van der Waals surface area contributed by atoms with Crippen LogP contribution in [0.2, 0.25) is 0 Å². The molecule has 1 rings (SSSR count). The van der Waals surface area contributed by atoms with Gasteiger partial charge in [-0.2, -0.15) is 0 Å². The van der Waals surface area contributed by atoms with Gasteiger partial charge in [0, 0.05) is 5.69 Å². The maximum absolute atomic E-state index is 5.21. The first-order valence-corrected chi connectivity index (χ1v) is 3.99. The molecule has 0 saturated carbocycles. The molecule has 2 heteroatoms. The number of para-hydroxylation sites is 1. The lowest BCUT2D eigenvalue weighted by atomic mass is 10.3. The summed E-state index contributed by atoms with van der Waals surface area (Å²) in [6.45, 7) is 0. The molecule has 1 aromatic rings. The molecule has 0 bridgehead atoms. The summed E-state index contributed by atoms with van der Waals surface area (Å²) in [6.07, 6.45) is 5.21. The third-order valence-electron chi connectivity index (χ3n) is 1.34. The van der Waals surface area contributed by atoms with E-state index in [9.17, 15) is 0 Å². The average Bonchev–Trinajstić information content (AvgIpc) is 2.05. The van der Waals surface area contributed by atoms with Gasteiger partial charge in [0.2, 0.25) is 0 Å². The summed E-state index contributed by atoms with van der Waals surface area (Å²) >= 11 is 0. The van der Waals surface area contributed by atoms with E-state index in [0.29, 0.717) is 0 Å². The van der Waals surface area contributed by atoms with Crippen LogP contribution in [0.15, 0.2) is 30.3 Å². The molecular weight excluding hydrogens is 138 g/mol. The van der Waals surface area contributed by atoms with Crippen molar-refractivity contribution in [1.82, 2.24) is 0 Å². The fourth-order valence-electron chi connectivity index (χ4n) is 0.726. The number of rotatable bonds is 1. The lowest BCUT2D eigenvalue weighted by Crippen LogP contribution is -2.09. The van der Waals surface area contributed by atoms with Gasteiger partial charge >= 0.3 is 0 Å². The van der Waals surface area contributed by atoms with Gasteiger partial charge in [-0.25, -0.2) is 0 Å². The van der Waals surface area contributed by atoms with Crippen molar-refractivity contribution < 1.29 is 0 Å². The minimum atomic E-state index is 0.875. The van der Waals surface area contributed by atoms with Gasteiger partial charge in [-0.05, 0) is 18.2 Å². The van der Waals surface area contributed by atoms with Crippen molar-refractivity contribution >= 4 is 16.1 Å². The number of hydrogen-bond donors (Lipinski definition) is 0. The van der Waals surface area contributed by atoms with Crippen LogP contribution in [0, 0.1) is 12.5 Å². The number of benzene rings is 1. The summed E-state index contributed by atoms with van der Waals surface area (Å²) < 4.78 is 1.88. The fraction of sp³-hybridized carbons (Fsp3) is 0. The molecule has 0 aromatic heterocycles. The second-order valence-electron chi connectivity index (χ2n) is 2.02. The number of hydrogen-bond acceptors (Lipinski definition) is 1. The molecule has 0 N–H and O–H groups in total. The SMILES string of the molecule is C#CN([SiH3])c1ccccc1. The Balaban J connectivity index is 2.88. The Morgan fingerprint density at radius 2 is 1.90 bits per heavy atom. The van der Waals surface area contributed by atoms with Gasteiger partial charge in [-0.15, -0.1) is 0 Å². The van der Waals surface area contributed by atoms with Gasteiger partial charge in [-0.1, -0.05) is 24.6 Å². The Morgan fingerprint density at radius 1 is 1.30 bits per heavy atom. The van der Waals surface area contributed by atoms with Gasteiger partial charge in [0.15, 0.2) is 0 Å². The van der Waals surface area contributed by atoms with Crippen LogP contribution >= 0.6 is 0 Å². The first-order chi connectivity index (χ1) is 4.84. The Labute approximate surface area is 64.2 Å². The van der Waals surface area contributed by atoms with Crippen LogP contribution in [0.1, 0.15) is 0 Å². The van der Waals surface area contributed by atoms with Crippen molar-refractivity contribution in [3.05, 3.63) is 30.3 Å². The zero-order valence-electron chi connectivity index (χ0n) is 5.91. The molecule has 0 amide bonds. The molecule has 0 fully saturated rings. The Hall–Kier alpha value is -1.20. The van der Waals surface area contributed by atoms with E-state index in [0.717, 1.165) is 16.1 Å². The quantitative estimate of drug-likeness (QED) is 0.315.